The summed E-state index contributed by atoms with van der Waals surface area (Å²) in [6.07, 6.45) is -1.68. The van der Waals surface area contributed by atoms with Gasteiger partial charge in [0.1, 0.15) is 22.8 Å². The summed E-state index contributed by atoms with van der Waals surface area (Å²) in [4.78, 5) is 53.1. The van der Waals surface area contributed by atoms with Gasteiger partial charge in [0, 0.05) is 11.5 Å². The number of primary amides is 1. The molecule has 1 aromatic carbocycles. The zero-order valence-electron chi connectivity index (χ0n) is 23.4. The first kappa shape index (κ1) is 30.2. The summed E-state index contributed by atoms with van der Waals surface area (Å²) in [5.74, 6) is -9.94. The lowest BCUT2D eigenvalue weighted by atomic mass is 9.54. The van der Waals surface area contributed by atoms with Crippen molar-refractivity contribution in [2.75, 3.05) is 32.5 Å². The Labute approximate surface area is 236 Å². The molecule has 41 heavy (non-hydrogen) atoms. The van der Waals surface area contributed by atoms with Crippen molar-refractivity contribution in [1.29, 1.82) is 0 Å². The second-order valence-electron chi connectivity index (χ2n) is 11.5. The lowest BCUT2D eigenvalue weighted by molar-refractivity contribution is -0.169. The van der Waals surface area contributed by atoms with E-state index in [0.29, 0.717) is 18.0 Å². The number of phenolic OH excluding ortho intramolecular Hbond substituents is 1. The highest BCUT2D eigenvalue weighted by Gasteiger charge is 2.68. The van der Waals surface area contributed by atoms with Crippen molar-refractivity contribution in [3.8, 4) is 5.75 Å². The second-order valence-corrected chi connectivity index (χ2v) is 11.5. The fraction of sp³-hybridized carbons (Fsp3) is 0.500. The summed E-state index contributed by atoms with van der Waals surface area (Å²) >= 11 is 0. The molecule has 5 unspecified atom stereocenters. The first-order valence-electron chi connectivity index (χ1n) is 13.3. The molecule has 0 heterocycles. The van der Waals surface area contributed by atoms with Gasteiger partial charge in [-0.2, -0.15) is 0 Å². The standard InChI is InChI=1S/C28H36N4O9/c1-10(2)8-30-9-14(33)31-13-7-6-12-11(3)15-17(22(35)16(12)21(13)34)25(38)28(41)19(23(15)36)20(32(4)5)24(37)18(26(28)39)27(29)40/h6-7,10-11,15,19-20,23,30,34-36,39,41H,8-9H2,1-5H3,(H2,29,40)(H,31,33)/t11?,15?,19?,20-,23?,28?/m0/s1. The Kier molecular flexibility index (Phi) is 7.78. The summed E-state index contributed by atoms with van der Waals surface area (Å²) in [5.41, 5.74) is 0.932. The number of hydrogen-bond donors (Lipinski definition) is 8. The fourth-order valence-electron chi connectivity index (χ4n) is 6.39. The topological polar surface area (TPSA) is 223 Å². The van der Waals surface area contributed by atoms with Crippen LogP contribution in [0, 0.1) is 17.8 Å². The van der Waals surface area contributed by atoms with E-state index in [1.165, 1.54) is 31.1 Å². The van der Waals surface area contributed by atoms with Gasteiger partial charge in [-0.1, -0.05) is 26.8 Å². The Hall–Kier alpha value is -3.78. The van der Waals surface area contributed by atoms with Crippen molar-refractivity contribution in [3.05, 3.63) is 40.2 Å². The van der Waals surface area contributed by atoms with Crippen LogP contribution in [0.1, 0.15) is 37.8 Å². The van der Waals surface area contributed by atoms with Crippen molar-refractivity contribution >= 4 is 34.8 Å². The molecule has 13 heteroatoms. The number of aliphatic hydroxyl groups excluding tert-OH is 3. The lowest BCUT2D eigenvalue weighted by Crippen LogP contribution is -2.70. The van der Waals surface area contributed by atoms with Gasteiger partial charge in [0.05, 0.1) is 35.9 Å². The number of aliphatic hydroxyl groups is 4. The number of hydrogen-bond acceptors (Lipinski definition) is 11. The Balaban J connectivity index is 1.86. The number of carbonyl (C=O) groups excluding carboxylic acids is 4. The number of carbonyl (C=O) groups is 4. The number of rotatable bonds is 7. The maximum Gasteiger partial charge on any atom is 0.255 e. The maximum atomic E-state index is 14.0. The van der Waals surface area contributed by atoms with Crippen LogP contribution in [-0.4, -0.2) is 98.7 Å². The molecule has 222 valence electrons. The van der Waals surface area contributed by atoms with E-state index < -0.39 is 87.3 Å². The minimum Gasteiger partial charge on any atom is -0.508 e. The number of nitrogens with one attached hydrogen (secondary N) is 2. The Morgan fingerprint density at radius 1 is 1.15 bits per heavy atom. The highest BCUT2D eigenvalue weighted by Crippen LogP contribution is 2.56. The minimum absolute atomic E-state index is 0.0427. The molecule has 0 aliphatic heterocycles. The quantitative estimate of drug-likeness (QED) is 0.156. The minimum atomic E-state index is -2.99. The highest BCUT2D eigenvalue weighted by molar-refractivity contribution is 6.24. The number of ketones is 2. The van der Waals surface area contributed by atoms with Crippen LogP contribution < -0.4 is 16.4 Å². The van der Waals surface area contributed by atoms with Crippen molar-refractivity contribution in [2.45, 2.75) is 44.4 Å². The predicted molar refractivity (Wildman–Crippen MR) is 147 cm³/mol. The van der Waals surface area contributed by atoms with Gasteiger partial charge in [0.2, 0.25) is 11.7 Å². The number of nitrogens with two attached hydrogens (primary N) is 1. The second kappa shape index (κ2) is 10.6. The van der Waals surface area contributed by atoms with E-state index >= 15 is 0 Å². The molecule has 9 N–H and O–H groups in total. The predicted octanol–water partition coefficient (Wildman–Crippen LogP) is -0.320. The van der Waals surface area contributed by atoms with Gasteiger partial charge in [0.15, 0.2) is 11.4 Å². The molecule has 1 fully saturated rings. The molecular weight excluding hydrogens is 536 g/mol. The van der Waals surface area contributed by atoms with Crippen LogP contribution in [0.4, 0.5) is 5.69 Å². The van der Waals surface area contributed by atoms with Crippen LogP contribution in [-0.2, 0) is 19.2 Å². The molecule has 0 saturated heterocycles. The van der Waals surface area contributed by atoms with Crippen LogP contribution >= 0.6 is 0 Å². The molecule has 4 rings (SSSR count). The van der Waals surface area contributed by atoms with Crippen molar-refractivity contribution in [1.82, 2.24) is 10.2 Å². The van der Waals surface area contributed by atoms with Gasteiger partial charge < -0.3 is 41.9 Å². The highest BCUT2D eigenvalue weighted by atomic mass is 16.4. The molecule has 13 nitrogen and oxygen atoms in total. The van der Waals surface area contributed by atoms with E-state index in [-0.39, 0.29) is 17.8 Å². The third-order valence-corrected chi connectivity index (χ3v) is 8.24. The summed E-state index contributed by atoms with van der Waals surface area (Å²) in [7, 11) is 2.88. The molecule has 0 spiro atoms. The van der Waals surface area contributed by atoms with Gasteiger partial charge in [0.25, 0.3) is 5.91 Å². The molecule has 6 atom stereocenters. The van der Waals surface area contributed by atoms with Crippen molar-refractivity contribution < 1.29 is 44.7 Å². The summed E-state index contributed by atoms with van der Waals surface area (Å²) < 4.78 is 0. The number of aromatic hydroxyl groups is 1. The van der Waals surface area contributed by atoms with Gasteiger partial charge >= 0.3 is 0 Å². The third-order valence-electron chi connectivity index (χ3n) is 8.24. The Morgan fingerprint density at radius 3 is 2.34 bits per heavy atom. The lowest BCUT2D eigenvalue weighted by Gasteiger charge is -2.53. The average molecular weight is 573 g/mol. The smallest absolute Gasteiger partial charge is 0.255 e. The van der Waals surface area contributed by atoms with E-state index in [2.05, 4.69) is 10.6 Å². The first-order valence-corrected chi connectivity index (χ1v) is 13.3. The zero-order valence-corrected chi connectivity index (χ0v) is 23.4. The molecule has 0 aromatic heterocycles. The molecule has 0 radical (unpaired) electrons. The zero-order chi connectivity index (χ0) is 30.7. The van der Waals surface area contributed by atoms with E-state index in [1.54, 1.807) is 6.92 Å². The average Bonchev–Trinajstić information content (AvgIpc) is 2.87. The number of nitrogens with zero attached hydrogens (tertiary/aromatic N) is 1. The molecule has 1 aromatic rings. The molecule has 1 saturated carbocycles. The normalized spacial score (nSPS) is 29.4. The number of benzene rings is 1. The van der Waals surface area contributed by atoms with Gasteiger partial charge in [-0.15, -0.1) is 0 Å². The summed E-state index contributed by atoms with van der Waals surface area (Å²) in [6.45, 7) is 6.12. The van der Waals surface area contributed by atoms with Crippen molar-refractivity contribution in [3.63, 3.8) is 0 Å². The van der Waals surface area contributed by atoms with Crippen LogP contribution in [0.3, 0.4) is 0 Å². The number of anilines is 1. The van der Waals surface area contributed by atoms with Gasteiger partial charge in [-0.05, 0) is 44.1 Å². The van der Waals surface area contributed by atoms with Gasteiger partial charge in [-0.25, -0.2) is 0 Å². The van der Waals surface area contributed by atoms with Crippen LogP contribution in [0.2, 0.25) is 0 Å². The fourth-order valence-corrected chi connectivity index (χ4v) is 6.39. The number of fused-ring (bicyclic) bond motifs is 3. The van der Waals surface area contributed by atoms with E-state index in [0.717, 1.165) is 0 Å². The Morgan fingerprint density at radius 2 is 1.78 bits per heavy atom. The third kappa shape index (κ3) is 4.49. The largest absolute Gasteiger partial charge is 0.508 e. The number of phenols is 1. The molecule has 3 aliphatic rings. The SMILES string of the molecule is CC(C)CNCC(=O)Nc1ccc2c(c1O)C(O)=C1C(=O)C3(O)C(O)=C(C(N)=O)C(=O)[C@@H](N(C)C)C3C(O)C1C2C. The van der Waals surface area contributed by atoms with Gasteiger partial charge in [-0.3, -0.25) is 24.1 Å². The van der Waals surface area contributed by atoms with E-state index in [9.17, 15) is 44.7 Å². The monoisotopic (exact) mass is 572 g/mol. The molecule has 0 bridgehead atoms. The van der Waals surface area contributed by atoms with E-state index in [1.807, 2.05) is 13.8 Å². The molecular formula is C28H36N4O9. The van der Waals surface area contributed by atoms with E-state index in [4.69, 9.17) is 5.73 Å². The number of likely N-dealkylation sites (N-methyl/N-ethyl adjacent to an activating group) is 1. The van der Waals surface area contributed by atoms with Crippen LogP contribution in [0.25, 0.3) is 5.76 Å². The summed E-state index contributed by atoms with van der Waals surface area (Å²) in [6, 6.07) is 1.53. The molecule has 2 amide bonds. The van der Waals surface area contributed by atoms with Crippen LogP contribution in [0.15, 0.2) is 29.0 Å². The summed E-state index contributed by atoms with van der Waals surface area (Å²) in [5, 5.41) is 62.3. The number of amides is 2. The first-order chi connectivity index (χ1) is 19.1. The number of Topliss-reactive ketones (excluding diaryl/α,β-unsaturated/α-hetero) is 2. The Bertz CT molecular complexity index is 1400. The van der Waals surface area contributed by atoms with Crippen LogP contribution in [0.5, 0.6) is 5.75 Å². The van der Waals surface area contributed by atoms with Crippen molar-refractivity contribution in [2.24, 2.45) is 23.5 Å². The molecule has 3 aliphatic carbocycles. The maximum absolute atomic E-state index is 14.0.